The zero-order valence-electron chi connectivity index (χ0n) is 18.0. The van der Waals surface area contributed by atoms with E-state index in [4.69, 9.17) is 0 Å². The number of rotatable bonds is 5. The lowest BCUT2D eigenvalue weighted by Crippen LogP contribution is -2.54. The summed E-state index contributed by atoms with van der Waals surface area (Å²) in [4.78, 5) is 39.1. The van der Waals surface area contributed by atoms with Crippen molar-refractivity contribution in [2.24, 2.45) is 5.92 Å². The summed E-state index contributed by atoms with van der Waals surface area (Å²) in [5.41, 5.74) is 3.67. The van der Waals surface area contributed by atoms with Gasteiger partial charge < -0.3 is 15.1 Å². The fourth-order valence-corrected chi connectivity index (χ4v) is 3.55. The van der Waals surface area contributed by atoms with Crippen molar-refractivity contribution in [2.75, 3.05) is 33.2 Å². The Morgan fingerprint density at radius 3 is 2.28 bits per heavy atom. The largest absolute Gasteiger partial charge is 0.340 e. The van der Waals surface area contributed by atoms with Crippen molar-refractivity contribution in [3.05, 3.63) is 35.2 Å². The summed E-state index contributed by atoms with van der Waals surface area (Å²) in [5.74, 6) is 0.0528. The van der Waals surface area contributed by atoms with E-state index >= 15 is 0 Å². The Labute approximate surface area is 172 Å². The van der Waals surface area contributed by atoms with E-state index in [0.717, 1.165) is 30.0 Å². The summed E-state index contributed by atoms with van der Waals surface area (Å²) in [7, 11) is 2.06. The first-order valence-corrected chi connectivity index (χ1v) is 10.3. The lowest BCUT2D eigenvalue weighted by Gasteiger charge is -2.35. The average molecular weight is 398 g/mol. The van der Waals surface area contributed by atoms with Crippen molar-refractivity contribution < 1.29 is 9.59 Å². The number of likely N-dealkylation sites (N-methyl/N-ethyl adjacent to an activating group) is 1. The van der Waals surface area contributed by atoms with Gasteiger partial charge in [0.25, 0.3) is 5.91 Å². The first-order valence-electron chi connectivity index (χ1n) is 10.3. The number of piperazine rings is 1. The number of benzene rings is 1. The zero-order chi connectivity index (χ0) is 21.1. The molecule has 1 atom stereocenters. The maximum Gasteiger partial charge on any atom is 0.252 e. The second-order valence-corrected chi connectivity index (χ2v) is 8.38. The fraction of sp³-hybridized carbons (Fsp3) is 0.545. The van der Waals surface area contributed by atoms with Crippen LogP contribution in [0.5, 0.6) is 0 Å². The normalized spacial score (nSPS) is 16.3. The van der Waals surface area contributed by atoms with Gasteiger partial charge in [0.2, 0.25) is 5.91 Å². The number of hydrogen-bond donors (Lipinski definition) is 1. The molecular weight excluding hydrogens is 366 g/mol. The molecule has 2 amide bonds. The molecule has 1 aliphatic heterocycles. The first kappa shape index (κ1) is 21.2. The summed E-state index contributed by atoms with van der Waals surface area (Å²) in [6.07, 6.45) is 0.614. The molecule has 7 heteroatoms. The molecule has 1 aromatic heterocycles. The van der Waals surface area contributed by atoms with E-state index in [2.05, 4.69) is 41.1 Å². The molecule has 0 radical (unpaired) electrons. The zero-order valence-corrected chi connectivity index (χ0v) is 18.0. The highest BCUT2D eigenvalue weighted by Crippen LogP contribution is 2.16. The number of aromatic nitrogens is 2. The van der Waals surface area contributed by atoms with Gasteiger partial charge in [-0.1, -0.05) is 13.8 Å². The fourth-order valence-electron chi connectivity index (χ4n) is 3.55. The van der Waals surface area contributed by atoms with Gasteiger partial charge in [-0.2, -0.15) is 0 Å². The number of nitrogens with one attached hydrogen (secondary N) is 1. The van der Waals surface area contributed by atoms with Crippen LogP contribution in [0, 0.1) is 19.8 Å². The van der Waals surface area contributed by atoms with Crippen LogP contribution in [0.25, 0.3) is 11.0 Å². The highest BCUT2D eigenvalue weighted by Gasteiger charge is 2.28. The Morgan fingerprint density at radius 2 is 1.66 bits per heavy atom. The van der Waals surface area contributed by atoms with Crippen molar-refractivity contribution >= 4 is 22.8 Å². The van der Waals surface area contributed by atoms with Gasteiger partial charge in [-0.25, -0.2) is 9.97 Å². The Kier molecular flexibility index (Phi) is 6.47. The van der Waals surface area contributed by atoms with Crippen LogP contribution in [0.2, 0.25) is 0 Å². The number of nitrogens with zero attached hydrogens (tertiary/aromatic N) is 4. The number of carbonyl (C=O) groups is 2. The Morgan fingerprint density at radius 1 is 1.03 bits per heavy atom. The Balaban J connectivity index is 1.78. The highest BCUT2D eigenvalue weighted by molar-refractivity contribution is 5.99. The van der Waals surface area contributed by atoms with Crippen molar-refractivity contribution in [1.29, 1.82) is 0 Å². The monoisotopic (exact) mass is 397 g/mol. The van der Waals surface area contributed by atoms with E-state index in [1.54, 1.807) is 12.1 Å². The minimum Gasteiger partial charge on any atom is -0.340 e. The summed E-state index contributed by atoms with van der Waals surface area (Å²) in [6, 6.07) is 4.78. The molecule has 1 saturated heterocycles. The van der Waals surface area contributed by atoms with Gasteiger partial charge in [0.05, 0.1) is 22.4 Å². The minimum atomic E-state index is -0.521. The van der Waals surface area contributed by atoms with Crippen molar-refractivity contribution in [1.82, 2.24) is 25.1 Å². The standard InChI is InChI=1S/C22H31N5O2/c1-14(2)12-20(22(29)27-10-8-26(5)9-11-27)25-21(28)17-6-7-18-19(13-17)24-16(4)15(3)23-18/h6-7,13-14,20H,8-12H2,1-5H3,(H,25,28)/t20-/m0/s1. The Hall–Kier alpha value is -2.54. The van der Waals surface area contributed by atoms with E-state index in [0.29, 0.717) is 36.5 Å². The smallest absolute Gasteiger partial charge is 0.252 e. The third-order valence-corrected chi connectivity index (χ3v) is 5.46. The van der Waals surface area contributed by atoms with E-state index in [9.17, 15) is 9.59 Å². The molecule has 0 bridgehead atoms. The SMILES string of the molecule is Cc1nc2ccc(C(=O)N[C@@H](CC(C)C)C(=O)N3CCN(C)CC3)cc2nc1C. The molecule has 0 spiro atoms. The van der Waals surface area contributed by atoms with Crippen LogP contribution < -0.4 is 5.32 Å². The summed E-state index contributed by atoms with van der Waals surface area (Å²) >= 11 is 0. The summed E-state index contributed by atoms with van der Waals surface area (Å²) in [6.45, 7) is 11.1. The van der Waals surface area contributed by atoms with Crippen LogP contribution in [0.4, 0.5) is 0 Å². The van der Waals surface area contributed by atoms with E-state index in [1.165, 1.54) is 0 Å². The predicted molar refractivity (Wildman–Crippen MR) is 114 cm³/mol. The topological polar surface area (TPSA) is 78.4 Å². The minimum absolute atomic E-state index is 0.00667. The molecule has 2 aromatic rings. The Bertz CT molecular complexity index is 903. The van der Waals surface area contributed by atoms with Gasteiger partial charge >= 0.3 is 0 Å². The van der Waals surface area contributed by atoms with Gasteiger partial charge in [-0.15, -0.1) is 0 Å². The highest BCUT2D eigenvalue weighted by atomic mass is 16.2. The van der Waals surface area contributed by atoms with Gasteiger partial charge in [0, 0.05) is 31.7 Å². The van der Waals surface area contributed by atoms with E-state index < -0.39 is 6.04 Å². The molecule has 29 heavy (non-hydrogen) atoms. The summed E-state index contributed by atoms with van der Waals surface area (Å²) < 4.78 is 0. The molecule has 0 unspecified atom stereocenters. The van der Waals surface area contributed by atoms with Crippen LogP contribution in [0.15, 0.2) is 18.2 Å². The van der Waals surface area contributed by atoms with Gasteiger partial charge in [-0.3, -0.25) is 9.59 Å². The molecule has 3 rings (SSSR count). The van der Waals surface area contributed by atoms with Crippen molar-refractivity contribution in [2.45, 2.75) is 40.2 Å². The first-order chi connectivity index (χ1) is 13.7. The average Bonchev–Trinajstić information content (AvgIpc) is 2.67. The molecule has 0 aliphatic carbocycles. The quantitative estimate of drug-likeness (QED) is 0.837. The second-order valence-electron chi connectivity index (χ2n) is 8.38. The maximum atomic E-state index is 13.1. The van der Waals surface area contributed by atoms with Crippen LogP contribution in [0.1, 0.15) is 42.0 Å². The molecule has 1 aromatic carbocycles. The number of hydrogen-bond acceptors (Lipinski definition) is 5. The van der Waals surface area contributed by atoms with E-state index in [-0.39, 0.29) is 11.8 Å². The van der Waals surface area contributed by atoms with Crippen LogP contribution in [-0.2, 0) is 4.79 Å². The lowest BCUT2D eigenvalue weighted by molar-refractivity contribution is -0.135. The molecule has 1 aliphatic rings. The third kappa shape index (κ3) is 5.09. The lowest BCUT2D eigenvalue weighted by atomic mass is 10.0. The van der Waals surface area contributed by atoms with Crippen LogP contribution in [-0.4, -0.2) is 70.9 Å². The molecule has 0 saturated carbocycles. The maximum absolute atomic E-state index is 13.1. The molecule has 1 fully saturated rings. The van der Waals surface area contributed by atoms with Crippen LogP contribution in [0.3, 0.4) is 0 Å². The molecule has 7 nitrogen and oxygen atoms in total. The van der Waals surface area contributed by atoms with E-state index in [1.807, 2.05) is 24.8 Å². The molecule has 156 valence electrons. The second kappa shape index (κ2) is 8.86. The number of aryl methyl sites for hydroxylation is 2. The number of fused-ring (bicyclic) bond motifs is 1. The van der Waals surface area contributed by atoms with Gasteiger partial charge in [0.1, 0.15) is 6.04 Å². The number of carbonyl (C=O) groups excluding carboxylic acids is 2. The molecule has 1 N–H and O–H groups in total. The number of amides is 2. The van der Waals surface area contributed by atoms with Gasteiger partial charge in [0.15, 0.2) is 0 Å². The molecule has 2 heterocycles. The molecular formula is C22H31N5O2. The van der Waals surface area contributed by atoms with Crippen LogP contribution >= 0.6 is 0 Å². The van der Waals surface area contributed by atoms with Crippen molar-refractivity contribution in [3.8, 4) is 0 Å². The predicted octanol–water partition coefficient (Wildman–Crippen LogP) is 2.17. The van der Waals surface area contributed by atoms with Gasteiger partial charge in [-0.05, 0) is 51.4 Å². The summed E-state index contributed by atoms with van der Waals surface area (Å²) in [5, 5.41) is 2.97. The third-order valence-electron chi connectivity index (χ3n) is 5.46. The van der Waals surface area contributed by atoms with Crippen molar-refractivity contribution in [3.63, 3.8) is 0 Å².